The van der Waals surface area contributed by atoms with E-state index < -0.39 is 0 Å². The summed E-state index contributed by atoms with van der Waals surface area (Å²) in [6, 6.07) is 8.54. The molecule has 1 aliphatic heterocycles. The topological polar surface area (TPSA) is 32.3 Å². The van der Waals surface area contributed by atoms with Gasteiger partial charge in [-0.25, -0.2) is 0 Å². The molecule has 0 unspecified atom stereocenters. The summed E-state index contributed by atoms with van der Waals surface area (Å²) in [7, 11) is 0. The lowest BCUT2D eigenvalue weighted by atomic mass is 10.0. The maximum atomic E-state index is 12.0. The maximum absolute atomic E-state index is 12.0. The first-order valence-electron chi connectivity index (χ1n) is 6.88. The van der Waals surface area contributed by atoms with Gasteiger partial charge in [-0.3, -0.25) is 4.79 Å². The molecule has 1 N–H and O–H groups in total. The second kappa shape index (κ2) is 6.96. The summed E-state index contributed by atoms with van der Waals surface area (Å²) in [5.41, 5.74) is 1.35. The Morgan fingerprint density at radius 3 is 2.47 bits per heavy atom. The van der Waals surface area contributed by atoms with E-state index in [9.17, 15) is 4.79 Å². The summed E-state index contributed by atoms with van der Waals surface area (Å²) in [4.78, 5) is 15.1. The average Bonchev–Trinajstić information content (AvgIpc) is 2.46. The quantitative estimate of drug-likeness (QED) is 0.858. The number of thioether (sulfide) groups is 1. The molecule has 1 amide bonds. The molecule has 0 spiro atoms. The Kier molecular flexibility index (Phi) is 5.28. The van der Waals surface area contributed by atoms with Gasteiger partial charge in [0.15, 0.2) is 0 Å². The zero-order chi connectivity index (χ0) is 13.7. The van der Waals surface area contributed by atoms with E-state index in [1.807, 2.05) is 4.90 Å². The van der Waals surface area contributed by atoms with Crippen molar-refractivity contribution in [1.82, 2.24) is 10.2 Å². The van der Waals surface area contributed by atoms with E-state index in [4.69, 9.17) is 0 Å². The Morgan fingerprint density at radius 2 is 1.89 bits per heavy atom. The van der Waals surface area contributed by atoms with Crippen molar-refractivity contribution in [3.05, 3.63) is 29.8 Å². The highest BCUT2D eigenvalue weighted by Gasteiger charge is 2.15. The molecule has 1 aromatic rings. The van der Waals surface area contributed by atoms with Crippen LogP contribution >= 0.6 is 11.8 Å². The van der Waals surface area contributed by atoms with E-state index in [2.05, 4.69) is 43.4 Å². The van der Waals surface area contributed by atoms with Gasteiger partial charge in [-0.05, 0) is 23.6 Å². The molecule has 1 heterocycles. The van der Waals surface area contributed by atoms with Gasteiger partial charge in [0, 0.05) is 31.1 Å². The number of benzene rings is 1. The molecule has 0 bridgehead atoms. The van der Waals surface area contributed by atoms with Crippen LogP contribution in [0.1, 0.15) is 25.3 Å². The van der Waals surface area contributed by atoms with Crippen molar-refractivity contribution < 1.29 is 4.79 Å². The molecule has 0 atom stereocenters. The largest absolute Gasteiger partial charge is 0.339 e. The Morgan fingerprint density at radius 1 is 1.26 bits per heavy atom. The van der Waals surface area contributed by atoms with Crippen molar-refractivity contribution in [2.45, 2.75) is 24.7 Å². The lowest BCUT2D eigenvalue weighted by Crippen LogP contribution is -2.47. The summed E-state index contributed by atoms with van der Waals surface area (Å²) in [6.07, 6.45) is 0. The van der Waals surface area contributed by atoms with Gasteiger partial charge in [0.25, 0.3) is 0 Å². The molecule has 3 nitrogen and oxygen atoms in total. The molecule has 1 saturated heterocycles. The third kappa shape index (κ3) is 4.25. The molecule has 1 fully saturated rings. The summed E-state index contributed by atoms with van der Waals surface area (Å²) in [5.74, 6) is 1.35. The van der Waals surface area contributed by atoms with E-state index in [-0.39, 0.29) is 5.91 Å². The second-order valence-electron chi connectivity index (χ2n) is 5.14. The molecule has 1 aliphatic rings. The molecule has 0 saturated carbocycles. The SMILES string of the molecule is CC(C)c1ccc(SCC(=O)N2CCNCC2)cc1. The highest BCUT2D eigenvalue weighted by atomic mass is 32.2. The van der Waals surface area contributed by atoms with Gasteiger partial charge in [-0.2, -0.15) is 0 Å². The smallest absolute Gasteiger partial charge is 0.233 e. The molecule has 0 radical (unpaired) electrons. The van der Waals surface area contributed by atoms with Gasteiger partial charge >= 0.3 is 0 Å². The van der Waals surface area contributed by atoms with Crippen LogP contribution in [-0.4, -0.2) is 42.7 Å². The van der Waals surface area contributed by atoms with E-state index >= 15 is 0 Å². The van der Waals surface area contributed by atoms with Gasteiger partial charge in [-0.15, -0.1) is 11.8 Å². The average molecular weight is 278 g/mol. The van der Waals surface area contributed by atoms with Crippen LogP contribution in [0, 0.1) is 0 Å². The molecule has 104 valence electrons. The van der Waals surface area contributed by atoms with Crippen LogP contribution in [0.25, 0.3) is 0 Å². The lowest BCUT2D eigenvalue weighted by Gasteiger charge is -2.27. The number of piperazine rings is 1. The van der Waals surface area contributed by atoms with Gasteiger partial charge in [-0.1, -0.05) is 26.0 Å². The van der Waals surface area contributed by atoms with Crippen LogP contribution in [0.15, 0.2) is 29.2 Å². The van der Waals surface area contributed by atoms with Crippen molar-refractivity contribution in [3.63, 3.8) is 0 Å². The van der Waals surface area contributed by atoms with Crippen molar-refractivity contribution in [2.75, 3.05) is 31.9 Å². The zero-order valence-electron chi connectivity index (χ0n) is 11.7. The second-order valence-corrected chi connectivity index (χ2v) is 6.19. The first-order valence-corrected chi connectivity index (χ1v) is 7.86. The molecule has 19 heavy (non-hydrogen) atoms. The third-order valence-corrected chi connectivity index (χ3v) is 4.38. The monoisotopic (exact) mass is 278 g/mol. The Labute approximate surface area is 119 Å². The number of nitrogens with one attached hydrogen (secondary N) is 1. The Balaban J connectivity index is 1.82. The number of amides is 1. The van der Waals surface area contributed by atoms with Crippen LogP contribution in [0.4, 0.5) is 0 Å². The van der Waals surface area contributed by atoms with Gasteiger partial charge in [0.1, 0.15) is 0 Å². The third-order valence-electron chi connectivity index (χ3n) is 3.38. The van der Waals surface area contributed by atoms with Crippen LogP contribution in [-0.2, 0) is 4.79 Å². The van der Waals surface area contributed by atoms with Crippen molar-refractivity contribution >= 4 is 17.7 Å². The van der Waals surface area contributed by atoms with E-state index in [0.29, 0.717) is 11.7 Å². The summed E-state index contributed by atoms with van der Waals surface area (Å²) in [6.45, 7) is 7.89. The molecule has 0 aliphatic carbocycles. The van der Waals surface area contributed by atoms with E-state index in [1.165, 1.54) is 10.5 Å². The van der Waals surface area contributed by atoms with Gasteiger partial charge < -0.3 is 10.2 Å². The standard InChI is InChI=1S/C15H22N2OS/c1-12(2)13-3-5-14(6-4-13)19-11-15(18)17-9-7-16-8-10-17/h3-6,12,16H,7-11H2,1-2H3. The van der Waals surface area contributed by atoms with Crippen molar-refractivity contribution in [3.8, 4) is 0 Å². The molecule has 2 rings (SSSR count). The van der Waals surface area contributed by atoms with Crippen molar-refractivity contribution in [1.29, 1.82) is 0 Å². The summed E-state index contributed by atoms with van der Waals surface area (Å²) >= 11 is 1.63. The first-order chi connectivity index (χ1) is 9.16. The molecule has 1 aromatic carbocycles. The van der Waals surface area contributed by atoms with E-state index in [1.54, 1.807) is 11.8 Å². The minimum absolute atomic E-state index is 0.249. The number of hydrogen-bond donors (Lipinski definition) is 1. The fourth-order valence-corrected chi connectivity index (χ4v) is 2.90. The van der Waals surface area contributed by atoms with Crippen LogP contribution < -0.4 is 5.32 Å². The number of rotatable bonds is 4. The maximum Gasteiger partial charge on any atom is 0.233 e. The number of carbonyl (C=O) groups is 1. The normalized spacial score (nSPS) is 15.8. The summed E-state index contributed by atoms with van der Waals surface area (Å²) < 4.78 is 0. The van der Waals surface area contributed by atoms with Crippen molar-refractivity contribution in [2.24, 2.45) is 0 Å². The zero-order valence-corrected chi connectivity index (χ0v) is 12.5. The minimum atomic E-state index is 0.249. The Bertz CT molecular complexity index is 411. The first kappa shape index (κ1) is 14.4. The molecular formula is C15H22N2OS. The van der Waals surface area contributed by atoms with Gasteiger partial charge in [0.05, 0.1) is 5.75 Å². The highest BCUT2D eigenvalue weighted by molar-refractivity contribution is 8.00. The fraction of sp³-hybridized carbons (Fsp3) is 0.533. The van der Waals surface area contributed by atoms with Gasteiger partial charge in [0.2, 0.25) is 5.91 Å². The van der Waals surface area contributed by atoms with Crippen LogP contribution in [0.2, 0.25) is 0 Å². The predicted molar refractivity (Wildman–Crippen MR) is 80.7 cm³/mol. The summed E-state index contributed by atoms with van der Waals surface area (Å²) in [5, 5.41) is 3.26. The lowest BCUT2D eigenvalue weighted by molar-refractivity contribution is -0.128. The number of hydrogen-bond acceptors (Lipinski definition) is 3. The number of nitrogens with zero attached hydrogens (tertiary/aromatic N) is 1. The minimum Gasteiger partial charge on any atom is -0.339 e. The molecule has 4 heteroatoms. The predicted octanol–water partition coefficient (Wildman–Crippen LogP) is 2.33. The molecular weight excluding hydrogens is 256 g/mol. The van der Waals surface area contributed by atoms with E-state index in [0.717, 1.165) is 26.2 Å². The number of carbonyl (C=O) groups excluding carboxylic acids is 1. The Hall–Kier alpha value is -1.00. The highest BCUT2D eigenvalue weighted by Crippen LogP contribution is 2.22. The van der Waals surface area contributed by atoms with Crippen LogP contribution in [0.3, 0.4) is 0 Å². The molecule has 0 aromatic heterocycles. The fourth-order valence-electron chi connectivity index (χ4n) is 2.10. The van der Waals surface area contributed by atoms with Crippen LogP contribution in [0.5, 0.6) is 0 Å².